The monoisotopic (exact) mass is 235 g/mol. The van der Waals surface area contributed by atoms with E-state index in [0.29, 0.717) is 0 Å². The second kappa shape index (κ2) is 5.53. The van der Waals surface area contributed by atoms with Gasteiger partial charge in [0, 0.05) is 6.42 Å². The van der Waals surface area contributed by atoms with Crippen LogP contribution in [0, 0.1) is 5.82 Å². The summed E-state index contributed by atoms with van der Waals surface area (Å²) in [6, 6.07) is 2.26. The summed E-state index contributed by atoms with van der Waals surface area (Å²) in [5.74, 6) is -1.88. The second-order valence-corrected chi connectivity index (χ2v) is 2.92. The number of carboxylic acid groups (broad SMARTS) is 1. The van der Waals surface area contributed by atoms with Gasteiger partial charge in [-0.15, -0.1) is 12.4 Å². The van der Waals surface area contributed by atoms with Gasteiger partial charge < -0.3 is 15.9 Å². The Morgan fingerprint density at radius 1 is 1.53 bits per heavy atom. The summed E-state index contributed by atoms with van der Waals surface area (Å²) in [5.41, 5.74) is 5.32. The van der Waals surface area contributed by atoms with Gasteiger partial charge in [-0.2, -0.15) is 0 Å². The molecule has 6 heteroatoms. The average molecular weight is 236 g/mol. The topological polar surface area (TPSA) is 83.5 Å². The van der Waals surface area contributed by atoms with Crippen molar-refractivity contribution in [3.8, 4) is 5.75 Å². The Morgan fingerprint density at radius 3 is 2.67 bits per heavy atom. The molecule has 0 fully saturated rings. The number of phenols is 1. The van der Waals surface area contributed by atoms with Crippen molar-refractivity contribution in [2.75, 3.05) is 0 Å². The number of benzene rings is 1. The smallest absolute Gasteiger partial charge is 0.320 e. The molecular formula is C9H11ClFNO3. The molecule has 84 valence electrons. The largest absolute Gasteiger partial charge is 0.508 e. The Hall–Kier alpha value is -1.33. The van der Waals surface area contributed by atoms with Crippen LogP contribution in [-0.2, 0) is 11.2 Å². The Bertz CT molecular complexity index is 359. The molecule has 0 heterocycles. The quantitative estimate of drug-likeness (QED) is 0.727. The van der Waals surface area contributed by atoms with Gasteiger partial charge in [0.25, 0.3) is 0 Å². The van der Waals surface area contributed by atoms with Crippen molar-refractivity contribution in [3.63, 3.8) is 0 Å². The summed E-state index contributed by atoms with van der Waals surface area (Å²) in [6.45, 7) is 0. The molecule has 0 saturated heterocycles. The van der Waals surface area contributed by atoms with Gasteiger partial charge in [-0.05, 0) is 23.8 Å². The number of halogens is 2. The molecule has 1 aromatic carbocycles. The Labute approximate surface area is 91.9 Å². The minimum atomic E-state index is -1.20. The van der Waals surface area contributed by atoms with Crippen molar-refractivity contribution in [2.24, 2.45) is 5.73 Å². The van der Waals surface area contributed by atoms with Crippen LogP contribution in [-0.4, -0.2) is 22.2 Å². The van der Waals surface area contributed by atoms with Crippen LogP contribution >= 0.6 is 12.4 Å². The molecule has 1 aromatic rings. The van der Waals surface area contributed by atoms with E-state index in [2.05, 4.69) is 0 Å². The molecule has 0 amide bonds. The zero-order valence-electron chi connectivity index (χ0n) is 7.68. The van der Waals surface area contributed by atoms with Crippen molar-refractivity contribution in [1.82, 2.24) is 0 Å². The number of aromatic hydroxyl groups is 1. The van der Waals surface area contributed by atoms with E-state index in [9.17, 15) is 9.18 Å². The third kappa shape index (κ3) is 3.73. The lowest BCUT2D eigenvalue weighted by molar-refractivity contribution is -0.138. The Balaban J connectivity index is 0.00000196. The van der Waals surface area contributed by atoms with Gasteiger partial charge >= 0.3 is 5.97 Å². The molecule has 0 spiro atoms. The van der Waals surface area contributed by atoms with Gasteiger partial charge in [0.15, 0.2) is 0 Å². The highest BCUT2D eigenvalue weighted by molar-refractivity contribution is 5.85. The molecule has 0 aromatic heterocycles. The van der Waals surface area contributed by atoms with Crippen LogP contribution in [0.3, 0.4) is 0 Å². The maximum atomic E-state index is 13.0. The second-order valence-electron chi connectivity index (χ2n) is 2.92. The number of carbonyl (C=O) groups is 1. The summed E-state index contributed by atoms with van der Waals surface area (Å²) in [5, 5.41) is 17.5. The highest BCUT2D eigenvalue weighted by atomic mass is 35.5. The molecule has 15 heavy (non-hydrogen) atoms. The highest BCUT2D eigenvalue weighted by Crippen LogP contribution is 2.16. The molecule has 0 saturated carbocycles. The molecule has 0 bridgehead atoms. The first-order valence-electron chi connectivity index (χ1n) is 3.96. The zero-order chi connectivity index (χ0) is 10.7. The molecule has 0 radical (unpaired) electrons. The van der Waals surface area contributed by atoms with Crippen molar-refractivity contribution in [1.29, 1.82) is 0 Å². The van der Waals surface area contributed by atoms with E-state index in [1.54, 1.807) is 0 Å². The zero-order valence-corrected chi connectivity index (χ0v) is 8.50. The van der Waals surface area contributed by atoms with Gasteiger partial charge in [0.05, 0.1) is 0 Å². The van der Waals surface area contributed by atoms with Crippen LogP contribution in [0.2, 0.25) is 0 Å². The molecule has 4 N–H and O–H groups in total. The normalized spacial score (nSPS) is 11.6. The van der Waals surface area contributed by atoms with Gasteiger partial charge in [-0.1, -0.05) is 0 Å². The maximum absolute atomic E-state index is 13.0. The summed E-state index contributed by atoms with van der Waals surface area (Å²) >= 11 is 0. The Kier molecular flexibility index (Phi) is 5.04. The SMILES string of the molecule is Cl.N[C@@H](Cc1cc(O)ccc1F)C(=O)O. The highest BCUT2D eigenvalue weighted by Gasteiger charge is 2.14. The summed E-state index contributed by atoms with van der Waals surface area (Å²) in [6.07, 6.45) is -0.143. The van der Waals surface area contributed by atoms with Crippen molar-refractivity contribution < 1.29 is 19.4 Å². The fourth-order valence-electron chi connectivity index (χ4n) is 1.04. The number of aliphatic carboxylic acids is 1. The molecule has 4 nitrogen and oxygen atoms in total. The molecule has 1 atom stereocenters. The van der Waals surface area contributed by atoms with Crippen LogP contribution in [0.5, 0.6) is 5.75 Å². The first-order valence-corrected chi connectivity index (χ1v) is 3.96. The first kappa shape index (κ1) is 13.7. The lowest BCUT2D eigenvalue weighted by Gasteiger charge is -2.07. The lowest BCUT2D eigenvalue weighted by atomic mass is 10.1. The average Bonchev–Trinajstić information content (AvgIpc) is 2.11. The minimum absolute atomic E-state index is 0. The molecule has 1 rings (SSSR count). The Morgan fingerprint density at radius 2 is 2.13 bits per heavy atom. The number of hydrogen-bond acceptors (Lipinski definition) is 3. The van der Waals surface area contributed by atoms with Gasteiger partial charge in [0.1, 0.15) is 17.6 Å². The van der Waals surface area contributed by atoms with Crippen LogP contribution in [0.4, 0.5) is 4.39 Å². The van der Waals surface area contributed by atoms with Gasteiger partial charge in [-0.3, -0.25) is 4.79 Å². The summed E-state index contributed by atoms with van der Waals surface area (Å²) in [4.78, 5) is 10.4. The fraction of sp³-hybridized carbons (Fsp3) is 0.222. The first-order chi connectivity index (χ1) is 6.50. The van der Waals surface area contributed by atoms with E-state index in [-0.39, 0.29) is 30.1 Å². The molecule has 0 aliphatic heterocycles. The van der Waals surface area contributed by atoms with Gasteiger partial charge in [0.2, 0.25) is 0 Å². The van der Waals surface area contributed by atoms with Crippen LogP contribution in [0.25, 0.3) is 0 Å². The van der Waals surface area contributed by atoms with E-state index in [1.807, 2.05) is 0 Å². The van der Waals surface area contributed by atoms with E-state index in [1.165, 1.54) is 6.07 Å². The maximum Gasteiger partial charge on any atom is 0.320 e. The number of rotatable bonds is 3. The summed E-state index contributed by atoms with van der Waals surface area (Å²) in [7, 11) is 0. The van der Waals surface area contributed by atoms with Crippen molar-refractivity contribution in [3.05, 3.63) is 29.6 Å². The van der Waals surface area contributed by atoms with Gasteiger partial charge in [-0.25, -0.2) is 4.39 Å². The van der Waals surface area contributed by atoms with E-state index in [4.69, 9.17) is 15.9 Å². The minimum Gasteiger partial charge on any atom is -0.508 e. The molecule has 0 unspecified atom stereocenters. The number of hydrogen-bond donors (Lipinski definition) is 3. The fourth-order valence-corrected chi connectivity index (χ4v) is 1.04. The van der Waals surface area contributed by atoms with E-state index in [0.717, 1.165) is 12.1 Å². The third-order valence-electron chi connectivity index (χ3n) is 1.79. The predicted octanol–water partition coefficient (Wildman–Crippen LogP) is 0.908. The molecule has 0 aliphatic carbocycles. The van der Waals surface area contributed by atoms with Crippen molar-refractivity contribution in [2.45, 2.75) is 12.5 Å². The van der Waals surface area contributed by atoms with E-state index >= 15 is 0 Å². The third-order valence-corrected chi connectivity index (χ3v) is 1.79. The van der Waals surface area contributed by atoms with Crippen molar-refractivity contribution >= 4 is 18.4 Å². The van der Waals surface area contributed by atoms with Crippen LogP contribution < -0.4 is 5.73 Å². The number of nitrogens with two attached hydrogens (primary N) is 1. The molecular weight excluding hydrogens is 225 g/mol. The number of phenolic OH excluding ortho intramolecular Hbond substituents is 1. The van der Waals surface area contributed by atoms with Crippen LogP contribution in [0.1, 0.15) is 5.56 Å². The lowest BCUT2D eigenvalue weighted by Crippen LogP contribution is -2.32. The van der Waals surface area contributed by atoms with E-state index < -0.39 is 17.8 Å². The molecule has 0 aliphatic rings. The standard InChI is InChI=1S/C9H10FNO3.ClH/c10-7-2-1-6(12)3-5(7)4-8(11)9(13)14;/h1-3,8,12H,4,11H2,(H,13,14);1H/t8-;/m0./s1. The number of carboxylic acids is 1. The summed E-state index contributed by atoms with van der Waals surface area (Å²) < 4.78 is 13.0. The van der Waals surface area contributed by atoms with Crippen LogP contribution in [0.15, 0.2) is 18.2 Å². The predicted molar refractivity (Wildman–Crippen MR) is 54.6 cm³/mol.